The van der Waals surface area contributed by atoms with Gasteiger partial charge in [0.15, 0.2) is 0 Å². The fourth-order valence-electron chi connectivity index (χ4n) is 4.80. The summed E-state index contributed by atoms with van der Waals surface area (Å²) in [6.45, 7) is 3.46. The minimum absolute atomic E-state index is 0.0282. The maximum atomic E-state index is 14.5. The molecule has 4 aromatic rings. The zero-order valence-electron chi connectivity index (χ0n) is 25.2. The number of amides is 2. The summed E-state index contributed by atoms with van der Waals surface area (Å²) in [4.78, 5) is 29.6. The van der Waals surface area contributed by atoms with E-state index in [1.807, 2.05) is 44.2 Å². The first-order valence-corrected chi connectivity index (χ1v) is 17.4. The summed E-state index contributed by atoms with van der Waals surface area (Å²) in [5, 5.41) is 3.89. The standard InChI is InChI=1S/C34H33Cl4N3O4S/c1-3-15-39-34(43)32(17-24-7-5-4-6-8-24)40(21-25-11-14-30(37)31(38)16-25)33(42)22-41(28-19-26(35)18-27(36)20-28)46(44,45)29-12-9-23(2)10-13-29/h4-14,16,18-20,32H,3,15,17,21-22H2,1-2H3,(H,39,43). The number of carbonyl (C=O) groups excluding carboxylic acids is 2. The van der Waals surface area contributed by atoms with Gasteiger partial charge >= 0.3 is 0 Å². The molecule has 0 radical (unpaired) electrons. The molecule has 4 aromatic carbocycles. The quantitative estimate of drug-likeness (QED) is 0.152. The first kappa shape index (κ1) is 35.6. The molecule has 0 aliphatic carbocycles. The van der Waals surface area contributed by atoms with Gasteiger partial charge in [-0.3, -0.25) is 13.9 Å². The van der Waals surface area contributed by atoms with E-state index in [1.165, 1.54) is 35.2 Å². The summed E-state index contributed by atoms with van der Waals surface area (Å²) >= 11 is 25.1. The van der Waals surface area contributed by atoms with E-state index in [0.717, 1.165) is 15.4 Å². The summed E-state index contributed by atoms with van der Waals surface area (Å²) in [6, 6.07) is 23.8. The van der Waals surface area contributed by atoms with Gasteiger partial charge < -0.3 is 10.2 Å². The number of carbonyl (C=O) groups is 2. The molecular formula is C34H33Cl4N3O4S. The molecule has 0 aliphatic rings. The molecule has 0 heterocycles. The van der Waals surface area contributed by atoms with Crippen LogP contribution in [-0.2, 0) is 32.6 Å². The molecule has 1 N–H and O–H groups in total. The van der Waals surface area contributed by atoms with Gasteiger partial charge in [-0.15, -0.1) is 0 Å². The van der Waals surface area contributed by atoms with Crippen LogP contribution in [0.1, 0.15) is 30.0 Å². The monoisotopic (exact) mass is 719 g/mol. The Labute approximate surface area is 290 Å². The molecule has 7 nitrogen and oxygen atoms in total. The van der Waals surface area contributed by atoms with Gasteiger partial charge in [0.05, 0.1) is 20.6 Å². The van der Waals surface area contributed by atoms with Crippen LogP contribution in [0.4, 0.5) is 5.69 Å². The normalized spacial score (nSPS) is 12.0. The molecule has 0 spiro atoms. The van der Waals surface area contributed by atoms with Crippen molar-refractivity contribution >= 4 is 73.9 Å². The number of benzene rings is 4. The van der Waals surface area contributed by atoms with E-state index < -0.39 is 28.5 Å². The van der Waals surface area contributed by atoms with Crippen molar-refractivity contribution in [2.75, 3.05) is 17.4 Å². The van der Waals surface area contributed by atoms with Gasteiger partial charge in [0.25, 0.3) is 10.0 Å². The number of aryl methyl sites for hydroxylation is 1. The van der Waals surface area contributed by atoms with Crippen LogP contribution in [0.5, 0.6) is 0 Å². The van der Waals surface area contributed by atoms with E-state index in [-0.39, 0.29) is 44.5 Å². The highest BCUT2D eigenvalue weighted by Crippen LogP contribution is 2.31. The Balaban J connectivity index is 1.83. The molecule has 0 aliphatic heterocycles. The van der Waals surface area contributed by atoms with Crippen LogP contribution in [-0.4, -0.2) is 44.3 Å². The fourth-order valence-corrected chi connectivity index (χ4v) is 7.04. The SMILES string of the molecule is CCCNC(=O)C(Cc1ccccc1)N(Cc1ccc(Cl)c(Cl)c1)C(=O)CN(c1cc(Cl)cc(Cl)c1)S(=O)(=O)c1ccc(C)cc1. The Morgan fingerprint density at radius 1 is 0.804 bits per heavy atom. The summed E-state index contributed by atoms with van der Waals surface area (Å²) < 4.78 is 29.3. The lowest BCUT2D eigenvalue weighted by Gasteiger charge is -2.34. The van der Waals surface area contributed by atoms with Gasteiger partial charge in [-0.05, 0) is 66.9 Å². The average molecular weight is 722 g/mol. The van der Waals surface area contributed by atoms with Crippen LogP contribution in [0.25, 0.3) is 0 Å². The van der Waals surface area contributed by atoms with Crippen LogP contribution in [0.15, 0.2) is 95.9 Å². The summed E-state index contributed by atoms with van der Waals surface area (Å²) in [6.07, 6.45) is 0.861. The Bertz CT molecular complexity index is 1770. The number of hydrogen-bond donors (Lipinski definition) is 1. The Morgan fingerprint density at radius 2 is 1.46 bits per heavy atom. The van der Waals surface area contributed by atoms with Gasteiger partial charge in [0, 0.05) is 29.6 Å². The molecule has 2 amide bonds. The lowest BCUT2D eigenvalue weighted by atomic mass is 10.0. The van der Waals surface area contributed by atoms with E-state index in [2.05, 4.69) is 5.32 Å². The third-order valence-corrected chi connectivity index (χ3v) is 10.1. The number of hydrogen-bond acceptors (Lipinski definition) is 4. The van der Waals surface area contributed by atoms with Crippen LogP contribution >= 0.6 is 46.4 Å². The fraction of sp³-hybridized carbons (Fsp3) is 0.235. The Morgan fingerprint density at radius 3 is 2.07 bits per heavy atom. The second kappa shape index (κ2) is 16.0. The minimum atomic E-state index is -4.31. The molecule has 0 bridgehead atoms. The van der Waals surface area contributed by atoms with Crippen LogP contribution in [0.3, 0.4) is 0 Å². The summed E-state index contributed by atoms with van der Waals surface area (Å²) in [7, 11) is -4.31. The van der Waals surface area contributed by atoms with E-state index in [0.29, 0.717) is 23.6 Å². The highest BCUT2D eigenvalue weighted by Gasteiger charge is 2.35. The van der Waals surface area contributed by atoms with Gasteiger partial charge in [0.2, 0.25) is 11.8 Å². The van der Waals surface area contributed by atoms with Gasteiger partial charge in [-0.1, -0.05) is 107 Å². The van der Waals surface area contributed by atoms with Crippen molar-refractivity contribution in [3.8, 4) is 0 Å². The van der Waals surface area contributed by atoms with Crippen molar-refractivity contribution in [3.63, 3.8) is 0 Å². The molecule has 0 fully saturated rings. The zero-order valence-corrected chi connectivity index (χ0v) is 29.1. The summed E-state index contributed by atoms with van der Waals surface area (Å²) in [5.41, 5.74) is 2.37. The second-order valence-corrected chi connectivity index (χ2v) is 14.3. The third-order valence-electron chi connectivity index (χ3n) is 7.18. The van der Waals surface area contributed by atoms with E-state index in [4.69, 9.17) is 46.4 Å². The van der Waals surface area contributed by atoms with Gasteiger partial charge in [0.1, 0.15) is 12.6 Å². The first-order chi connectivity index (χ1) is 21.9. The van der Waals surface area contributed by atoms with Crippen LogP contribution in [0, 0.1) is 6.92 Å². The lowest BCUT2D eigenvalue weighted by molar-refractivity contribution is -0.140. The highest BCUT2D eigenvalue weighted by molar-refractivity contribution is 7.92. The van der Waals surface area contributed by atoms with Gasteiger partial charge in [-0.2, -0.15) is 0 Å². The molecule has 242 valence electrons. The maximum Gasteiger partial charge on any atom is 0.264 e. The minimum Gasteiger partial charge on any atom is -0.354 e. The van der Waals surface area contributed by atoms with E-state index in [1.54, 1.807) is 30.3 Å². The number of anilines is 1. The van der Waals surface area contributed by atoms with Crippen LogP contribution in [0.2, 0.25) is 20.1 Å². The van der Waals surface area contributed by atoms with Crippen molar-refractivity contribution in [1.29, 1.82) is 0 Å². The molecule has 46 heavy (non-hydrogen) atoms. The molecule has 0 saturated carbocycles. The van der Waals surface area contributed by atoms with E-state index >= 15 is 0 Å². The molecule has 0 saturated heterocycles. The highest BCUT2D eigenvalue weighted by atomic mass is 35.5. The third kappa shape index (κ3) is 9.17. The van der Waals surface area contributed by atoms with Crippen molar-refractivity contribution in [2.45, 2.75) is 44.2 Å². The lowest BCUT2D eigenvalue weighted by Crippen LogP contribution is -2.53. The average Bonchev–Trinajstić information content (AvgIpc) is 3.02. The van der Waals surface area contributed by atoms with Crippen molar-refractivity contribution in [1.82, 2.24) is 10.2 Å². The summed E-state index contributed by atoms with van der Waals surface area (Å²) in [5.74, 6) is -1.01. The molecule has 4 rings (SSSR count). The number of nitrogens with zero attached hydrogens (tertiary/aromatic N) is 2. The topological polar surface area (TPSA) is 86.8 Å². The Hall–Kier alpha value is -3.27. The van der Waals surface area contributed by atoms with Crippen molar-refractivity contribution < 1.29 is 18.0 Å². The number of halogens is 4. The zero-order chi connectivity index (χ0) is 33.4. The van der Waals surface area contributed by atoms with Crippen molar-refractivity contribution in [3.05, 3.63) is 128 Å². The van der Waals surface area contributed by atoms with Crippen LogP contribution < -0.4 is 9.62 Å². The maximum absolute atomic E-state index is 14.5. The second-order valence-electron chi connectivity index (χ2n) is 10.7. The number of sulfonamides is 1. The first-order valence-electron chi connectivity index (χ1n) is 14.5. The molecule has 0 aromatic heterocycles. The molecule has 1 atom stereocenters. The van der Waals surface area contributed by atoms with E-state index in [9.17, 15) is 18.0 Å². The van der Waals surface area contributed by atoms with Gasteiger partial charge in [-0.25, -0.2) is 8.42 Å². The molecular weight excluding hydrogens is 688 g/mol. The smallest absolute Gasteiger partial charge is 0.264 e. The largest absolute Gasteiger partial charge is 0.354 e. The molecule has 12 heteroatoms. The predicted molar refractivity (Wildman–Crippen MR) is 186 cm³/mol. The predicted octanol–water partition coefficient (Wildman–Crippen LogP) is 7.97. The molecule has 1 unspecified atom stereocenters. The Kier molecular flexibility index (Phi) is 12.4. The number of rotatable bonds is 13. The number of nitrogens with one attached hydrogen (secondary N) is 1. The van der Waals surface area contributed by atoms with Crippen molar-refractivity contribution in [2.24, 2.45) is 0 Å².